The maximum Gasteiger partial charge on any atom is 1.00 e. The van der Waals surface area contributed by atoms with Gasteiger partial charge in [0.25, 0.3) is 0 Å². The predicted octanol–water partition coefficient (Wildman–Crippen LogP) is -3.79. The number of aromatic nitrogens is 2. The van der Waals surface area contributed by atoms with Gasteiger partial charge in [0.15, 0.2) is 0 Å². The Morgan fingerprint density at radius 1 is 1.44 bits per heavy atom. The molecular weight excluding hydrogens is 205 g/mol. The van der Waals surface area contributed by atoms with Crippen molar-refractivity contribution in [2.45, 2.75) is 27.3 Å². The molecule has 0 spiro atoms. The molecule has 0 saturated heterocycles. The molecule has 16 heavy (non-hydrogen) atoms. The Kier molecular flexibility index (Phi) is 5.28. The molecular formula is C9H12LiN3O3. The fourth-order valence-electron chi connectivity index (χ4n) is 1.33. The van der Waals surface area contributed by atoms with Gasteiger partial charge >= 0.3 is 18.9 Å². The number of hydrogen-bond acceptors (Lipinski definition) is 4. The molecule has 0 bridgehead atoms. The van der Waals surface area contributed by atoms with Crippen molar-refractivity contribution in [3.05, 3.63) is 11.4 Å². The van der Waals surface area contributed by atoms with E-state index in [9.17, 15) is 14.7 Å². The van der Waals surface area contributed by atoms with E-state index in [2.05, 4.69) is 10.4 Å². The molecule has 0 unspecified atom stereocenters. The molecule has 0 saturated carbocycles. The molecule has 0 aliphatic carbocycles. The van der Waals surface area contributed by atoms with Gasteiger partial charge in [-0.3, -0.25) is 9.48 Å². The molecule has 0 atom stereocenters. The van der Waals surface area contributed by atoms with Crippen LogP contribution in [0.25, 0.3) is 0 Å². The third-order valence-corrected chi connectivity index (χ3v) is 1.96. The fraction of sp³-hybridized carbons (Fsp3) is 0.444. The molecule has 0 aromatic carbocycles. The fourth-order valence-corrected chi connectivity index (χ4v) is 1.33. The van der Waals surface area contributed by atoms with Crippen molar-refractivity contribution >= 4 is 17.6 Å². The first-order valence-electron chi connectivity index (χ1n) is 4.43. The topological polar surface area (TPSA) is 87.0 Å². The van der Waals surface area contributed by atoms with E-state index >= 15 is 0 Å². The van der Waals surface area contributed by atoms with Gasteiger partial charge in [0.05, 0.1) is 29.6 Å². The molecule has 0 fully saturated rings. The standard InChI is InChI=1S/C9H13N3O3.Li/c1-5-9(10-7(3)13)6(2)12(11-5)4-8(14)15;/h4H2,1-3H3,(H,10,13)(H,14,15);/q;+1/p-1. The van der Waals surface area contributed by atoms with Crippen molar-refractivity contribution in [2.75, 3.05) is 5.32 Å². The summed E-state index contributed by atoms with van der Waals surface area (Å²) < 4.78 is 1.29. The summed E-state index contributed by atoms with van der Waals surface area (Å²) in [7, 11) is 0. The number of aryl methyl sites for hydroxylation is 1. The molecule has 1 N–H and O–H groups in total. The van der Waals surface area contributed by atoms with Crippen molar-refractivity contribution in [1.29, 1.82) is 0 Å². The average molecular weight is 217 g/mol. The van der Waals surface area contributed by atoms with Crippen LogP contribution in [0.2, 0.25) is 0 Å². The van der Waals surface area contributed by atoms with Crippen molar-refractivity contribution in [3.63, 3.8) is 0 Å². The van der Waals surface area contributed by atoms with Crippen LogP contribution >= 0.6 is 0 Å². The van der Waals surface area contributed by atoms with Crippen LogP contribution in [0.3, 0.4) is 0 Å². The molecule has 1 aromatic rings. The van der Waals surface area contributed by atoms with Crippen molar-refractivity contribution in [2.24, 2.45) is 0 Å². The second-order valence-electron chi connectivity index (χ2n) is 3.26. The molecule has 0 aliphatic rings. The van der Waals surface area contributed by atoms with Crippen LogP contribution in [0.1, 0.15) is 18.3 Å². The molecule has 1 rings (SSSR count). The van der Waals surface area contributed by atoms with Crippen LogP contribution in [0, 0.1) is 13.8 Å². The van der Waals surface area contributed by atoms with Gasteiger partial charge in [0.1, 0.15) is 0 Å². The third kappa shape index (κ3) is 3.40. The van der Waals surface area contributed by atoms with Crippen LogP contribution < -0.4 is 29.3 Å². The summed E-state index contributed by atoms with van der Waals surface area (Å²) in [5.41, 5.74) is 1.75. The van der Waals surface area contributed by atoms with E-state index in [1.165, 1.54) is 11.6 Å². The minimum absolute atomic E-state index is 0. The summed E-state index contributed by atoms with van der Waals surface area (Å²) >= 11 is 0. The molecule has 1 heterocycles. The van der Waals surface area contributed by atoms with Crippen molar-refractivity contribution < 1.29 is 33.6 Å². The van der Waals surface area contributed by atoms with Gasteiger partial charge in [-0.05, 0) is 13.8 Å². The van der Waals surface area contributed by atoms with E-state index in [0.29, 0.717) is 17.1 Å². The van der Waals surface area contributed by atoms with Crippen LogP contribution in [-0.2, 0) is 16.1 Å². The number of rotatable bonds is 3. The minimum atomic E-state index is -1.21. The number of anilines is 1. The number of carboxylic acid groups (broad SMARTS) is 1. The van der Waals surface area contributed by atoms with E-state index in [1.807, 2.05) is 0 Å². The van der Waals surface area contributed by atoms with Gasteiger partial charge in [0.2, 0.25) is 5.91 Å². The first-order chi connectivity index (χ1) is 6.91. The first kappa shape index (κ1) is 14.7. The van der Waals surface area contributed by atoms with E-state index in [4.69, 9.17) is 0 Å². The average Bonchev–Trinajstić information content (AvgIpc) is 2.31. The predicted molar refractivity (Wildman–Crippen MR) is 51.0 cm³/mol. The SMILES string of the molecule is CC(=O)Nc1c(C)nn(CC(=O)[O-])c1C.[Li+]. The number of amides is 1. The molecule has 82 valence electrons. The third-order valence-electron chi connectivity index (χ3n) is 1.96. The number of carboxylic acids is 1. The molecule has 0 radical (unpaired) electrons. The maximum absolute atomic E-state index is 10.9. The van der Waals surface area contributed by atoms with Crippen LogP contribution in [0.4, 0.5) is 5.69 Å². The Hall–Kier alpha value is -1.25. The number of hydrogen-bond donors (Lipinski definition) is 1. The van der Waals surface area contributed by atoms with Gasteiger partial charge < -0.3 is 15.2 Å². The Balaban J connectivity index is 0.00000225. The van der Waals surface area contributed by atoms with E-state index in [-0.39, 0.29) is 31.3 Å². The second-order valence-corrected chi connectivity index (χ2v) is 3.26. The number of carbonyl (C=O) groups is 2. The zero-order valence-corrected chi connectivity index (χ0v) is 9.83. The van der Waals surface area contributed by atoms with Crippen LogP contribution in [-0.4, -0.2) is 21.7 Å². The second kappa shape index (κ2) is 5.73. The molecule has 1 aromatic heterocycles. The number of nitrogens with zero attached hydrogens (tertiary/aromatic N) is 2. The van der Waals surface area contributed by atoms with Crippen LogP contribution in [0.5, 0.6) is 0 Å². The Labute approximate surface area is 105 Å². The van der Waals surface area contributed by atoms with E-state index < -0.39 is 5.97 Å². The van der Waals surface area contributed by atoms with Gasteiger partial charge in [-0.2, -0.15) is 5.10 Å². The minimum Gasteiger partial charge on any atom is -0.548 e. The smallest absolute Gasteiger partial charge is 0.548 e. The Bertz CT molecular complexity index is 414. The van der Waals surface area contributed by atoms with E-state index in [1.54, 1.807) is 13.8 Å². The van der Waals surface area contributed by atoms with Crippen molar-refractivity contribution in [1.82, 2.24) is 9.78 Å². The Morgan fingerprint density at radius 2 is 2.00 bits per heavy atom. The number of carbonyl (C=O) groups excluding carboxylic acids is 2. The van der Waals surface area contributed by atoms with Gasteiger partial charge in [-0.25, -0.2) is 0 Å². The number of nitrogens with one attached hydrogen (secondary N) is 1. The molecule has 1 amide bonds. The van der Waals surface area contributed by atoms with E-state index in [0.717, 1.165) is 0 Å². The summed E-state index contributed by atoms with van der Waals surface area (Å²) in [6.07, 6.45) is 0. The summed E-state index contributed by atoms with van der Waals surface area (Å²) in [6.45, 7) is 4.46. The normalized spacial score (nSPS) is 9.44. The van der Waals surface area contributed by atoms with Crippen LogP contribution in [0.15, 0.2) is 0 Å². The quantitative estimate of drug-likeness (QED) is 0.526. The summed E-state index contributed by atoms with van der Waals surface area (Å²) in [6, 6.07) is 0. The van der Waals surface area contributed by atoms with Gasteiger partial charge in [-0.15, -0.1) is 0 Å². The number of aliphatic carboxylic acids is 1. The monoisotopic (exact) mass is 217 g/mol. The summed E-state index contributed by atoms with van der Waals surface area (Å²) in [5, 5.41) is 17.0. The Morgan fingerprint density at radius 3 is 2.44 bits per heavy atom. The van der Waals surface area contributed by atoms with Crippen molar-refractivity contribution in [3.8, 4) is 0 Å². The first-order valence-corrected chi connectivity index (χ1v) is 4.43. The molecule has 6 nitrogen and oxygen atoms in total. The summed E-state index contributed by atoms with van der Waals surface area (Å²) in [4.78, 5) is 21.3. The van der Waals surface area contributed by atoms with Gasteiger partial charge in [-0.1, -0.05) is 0 Å². The maximum atomic E-state index is 10.9. The summed E-state index contributed by atoms with van der Waals surface area (Å²) in [5.74, 6) is -1.43. The zero-order valence-electron chi connectivity index (χ0n) is 9.83. The largest absolute Gasteiger partial charge is 1.00 e. The zero-order chi connectivity index (χ0) is 11.6. The molecule has 7 heteroatoms. The van der Waals surface area contributed by atoms with Gasteiger partial charge in [0, 0.05) is 6.92 Å². The molecule has 0 aliphatic heterocycles.